The lowest BCUT2D eigenvalue weighted by atomic mass is 10.2. The van der Waals surface area contributed by atoms with E-state index in [1.807, 2.05) is 38.2 Å². The molecule has 2 heteroatoms. The number of aryl methyl sites for hydroxylation is 1. The zero-order chi connectivity index (χ0) is 8.10. The maximum Gasteiger partial charge on any atom is 0.139 e. The number of hydrogen-bond donors (Lipinski definition) is 1. The lowest BCUT2D eigenvalue weighted by Gasteiger charge is -2.06. The summed E-state index contributed by atoms with van der Waals surface area (Å²) in [5.74, 6) is 0.946. The van der Waals surface area contributed by atoms with E-state index >= 15 is 0 Å². The standard InChI is InChI=1S/C9H13NO/c1-8-5-3-4-6-9(8)11-7-10-2/h3-6,10H,7H2,1-2H3. The summed E-state index contributed by atoms with van der Waals surface area (Å²) in [7, 11) is 1.86. The number of para-hydroxylation sites is 1. The van der Waals surface area contributed by atoms with E-state index in [2.05, 4.69) is 5.32 Å². The van der Waals surface area contributed by atoms with Crippen LogP contribution in [-0.4, -0.2) is 13.8 Å². The molecule has 0 unspecified atom stereocenters. The fourth-order valence-corrected chi connectivity index (χ4v) is 0.868. The second kappa shape index (κ2) is 3.98. The molecule has 2 nitrogen and oxygen atoms in total. The normalized spacial score (nSPS) is 9.64. The summed E-state index contributed by atoms with van der Waals surface area (Å²) in [5.41, 5.74) is 1.17. The topological polar surface area (TPSA) is 21.3 Å². The molecule has 0 radical (unpaired) electrons. The SMILES string of the molecule is CNCOc1ccccc1C. The van der Waals surface area contributed by atoms with Gasteiger partial charge in [-0.3, -0.25) is 5.32 Å². The van der Waals surface area contributed by atoms with Crippen LogP contribution >= 0.6 is 0 Å². The highest BCUT2D eigenvalue weighted by atomic mass is 16.5. The molecule has 0 aromatic heterocycles. The summed E-state index contributed by atoms with van der Waals surface area (Å²) in [6, 6.07) is 7.97. The number of nitrogens with one attached hydrogen (secondary N) is 1. The van der Waals surface area contributed by atoms with Crippen LogP contribution in [0, 0.1) is 6.92 Å². The molecule has 0 bridgehead atoms. The van der Waals surface area contributed by atoms with Gasteiger partial charge in [-0.25, -0.2) is 0 Å². The first-order valence-electron chi connectivity index (χ1n) is 3.67. The number of hydrogen-bond acceptors (Lipinski definition) is 2. The third kappa shape index (κ3) is 2.24. The van der Waals surface area contributed by atoms with E-state index in [4.69, 9.17) is 4.74 Å². The molecule has 0 fully saturated rings. The smallest absolute Gasteiger partial charge is 0.139 e. The van der Waals surface area contributed by atoms with Gasteiger partial charge in [0, 0.05) is 0 Å². The van der Waals surface area contributed by atoms with Gasteiger partial charge in [0.15, 0.2) is 0 Å². The van der Waals surface area contributed by atoms with Crippen molar-refractivity contribution in [2.45, 2.75) is 6.92 Å². The van der Waals surface area contributed by atoms with Gasteiger partial charge >= 0.3 is 0 Å². The van der Waals surface area contributed by atoms with Crippen molar-refractivity contribution < 1.29 is 4.74 Å². The lowest BCUT2D eigenvalue weighted by molar-refractivity contribution is 0.294. The fourth-order valence-electron chi connectivity index (χ4n) is 0.868. The van der Waals surface area contributed by atoms with E-state index in [0.717, 1.165) is 5.75 Å². The monoisotopic (exact) mass is 151 g/mol. The summed E-state index contributed by atoms with van der Waals surface area (Å²) in [5, 5.41) is 2.92. The molecule has 1 aromatic rings. The first-order chi connectivity index (χ1) is 5.34. The molecular weight excluding hydrogens is 138 g/mol. The van der Waals surface area contributed by atoms with Crippen LogP contribution in [0.2, 0.25) is 0 Å². The van der Waals surface area contributed by atoms with E-state index < -0.39 is 0 Å². The Kier molecular flexibility index (Phi) is 2.93. The van der Waals surface area contributed by atoms with Crippen molar-refractivity contribution in [3.05, 3.63) is 29.8 Å². The minimum absolute atomic E-state index is 0.560. The third-order valence-corrected chi connectivity index (χ3v) is 1.47. The van der Waals surface area contributed by atoms with Crippen molar-refractivity contribution in [2.24, 2.45) is 0 Å². The van der Waals surface area contributed by atoms with Gasteiger partial charge in [0.2, 0.25) is 0 Å². The molecular formula is C9H13NO. The molecule has 1 rings (SSSR count). The van der Waals surface area contributed by atoms with Crippen LogP contribution in [0.25, 0.3) is 0 Å². The minimum Gasteiger partial charge on any atom is -0.478 e. The maximum absolute atomic E-state index is 5.37. The van der Waals surface area contributed by atoms with Gasteiger partial charge < -0.3 is 4.74 Å². The molecule has 0 aliphatic carbocycles. The molecule has 0 heterocycles. The quantitative estimate of drug-likeness (QED) is 0.662. The maximum atomic E-state index is 5.37. The Hall–Kier alpha value is -1.02. The van der Waals surface area contributed by atoms with Crippen LogP contribution < -0.4 is 10.1 Å². The Bertz CT molecular complexity index is 223. The summed E-state index contributed by atoms with van der Waals surface area (Å²) in [6.07, 6.45) is 0. The first-order valence-corrected chi connectivity index (χ1v) is 3.67. The average molecular weight is 151 g/mol. The second-order valence-electron chi connectivity index (χ2n) is 2.41. The minimum atomic E-state index is 0.560. The predicted molar refractivity (Wildman–Crippen MR) is 45.7 cm³/mol. The van der Waals surface area contributed by atoms with E-state index in [-0.39, 0.29) is 0 Å². The van der Waals surface area contributed by atoms with Crippen molar-refractivity contribution in [1.29, 1.82) is 0 Å². The highest BCUT2D eigenvalue weighted by Crippen LogP contribution is 2.15. The lowest BCUT2D eigenvalue weighted by Crippen LogP contribution is -2.14. The van der Waals surface area contributed by atoms with Gasteiger partial charge in [-0.05, 0) is 25.6 Å². The summed E-state index contributed by atoms with van der Waals surface area (Å²) < 4.78 is 5.37. The van der Waals surface area contributed by atoms with Crippen molar-refractivity contribution in [3.8, 4) is 5.75 Å². The summed E-state index contributed by atoms with van der Waals surface area (Å²) in [4.78, 5) is 0. The Balaban J connectivity index is 2.62. The number of ether oxygens (including phenoxy) is 1. The largest absolute Gasteiger partial charge is 0.478 e. The molecule has 0 spiro atoms. The second-order valence-corrected chi connectivity index (χ2v) is 2.41. The number of benzene rings is 1. The van der Waals surface area contributed by atoms with Gasteiger partial charge in [0.05, 0.1) is 0 Å². The zero-order valence-electron chi connectivity index (χ0n) is 6.92. The van der Waals surface area contributed by atoms with E-state index in [1.165, 1.54) is 5.56 Å². The average Bonchev–Trinajstić information content (AvgIpc) is 2.03. The highest BCUT2D eigenvalue weighted by Gasteiger charge is 1.94. The molecule has 0 saturated heterocycles. The molecule has 0 atom stereocenters. The van der Waals surface area contributed by atoms with Crippen molar-refractivity contribution >= 4 is 0 Å². The Labute approximate surface area is 67.2 Å². The van der Waals surface area contributed by atoms with Crippen molar-refractivity contribution in [3.63, 3.8) is 0 Å². The van der Waals surface area contributed by atoms with Gasteiger partial charge in [-0.15, -0.1) is 0 Å². The van der Waals surface area contributed by atoms with Crippen LogP contribution in [0.15, 0.2) is 24.3 Å². The number of rotatable bonds is 3. The van der Waals surface area contributed by atoms with Crippen LogP contribution in [-0.2, 0) is 0 Å². The Morgan fingerprint density at radius 2 is 2.09 bits per heavy atom. The first kappa shape index (κ1) is 8.08. The predicted octanol–water partition coefficient (Wildman–Crippen LogP) is 1.55. The van der Waals surface area contributed by atoms with Crippen LogP contribution in [0.5, 0.6) is 5.75 Å². The molecule has 0 aliphatic heterocycles. The van der Waals surface area contributed by atoms with Gasteiger partial charge in [-0.2, -0.15) is 0 Å². The zero-order valence-corrected chi connectivity index (χ0v) is 6.92. The van der Waals surface area contributed by atoms with Gasteiger partial charge in [0.1, 0.15) is 12.5 Å². The van der Waals surface area contributed by atoms with Crippen LogP contribution in [0.1, 0.15) is 5.56 Å². The van der Waals surface area contributed by atoms with Gasteiger partial charge in [0.25, 0.3) is 0 Å². The van der Waals surface area contributed by atoms with E-state index in [0.29, 0.717) is 6.73 Å². The Morgan fingerprint density at radius 1 is 1.36 bits per heavy atom. The molecule has 1 N–H and O–H groups in total. The molecule has 1 aromatic carbocycles. The van der Waals surface area contributed by atoms with Crippen molar-refractivity contribution in [2.75, 3.05) is 13.8 Å². The summed E-state index contributed by atoms with van der Waals surface area (Å²) >= 11 is 0. The van der Waals surface area contributed by atoms with E-state index in [9.17, 15) is 0 Å². The van der Waals surface area contributed by atoms with E-state index in [1.54, 1.807) is 0 Å². The third-order valence-electron chi connectivity index (χ3n) is 1.47. The van der Waals surface area contributed by atoms with Crippen LogP contribution in [0.4, 0.5) is 0 Å². The molecule has 11 heavy (non-hydrogen) atoms. The van der Waals surface area contributed by atoms with Crippen LogP contribution in [0.3, 0.4) is 0 Å². The van der Waals surface area contributed by atoms with Crippen molar-refractivity contribution in [1.82, 2.24) is 5.32 Å². The van der Waals surface area contributed by atoms with Gasteiger partial charge in [-0.1, -0.05) is 18.2 Å². The molecule has 0 amide bonds. The molecule has 60 valence electrons. The molecule has 0 aliphatic rings. The highest BCUT2D eigenvalue weighted by molar-refractivity contribution is 5.31. The Morgan fingerprint density at radius 3 is 2.73 bits per heavy atom. The summed E-state index contributed by atoms with van der Waals surface area (Å²) in [6.45, 7) is 2.59. The fraction of sp³-hybridized carbons (Fsp3) is 0.333. The molecule has 0 saturated carbocycles.